The largest absolute Gasteiger partial charge is 0.340 e. The lowest BCUT2D eigenvalue weighted by Crippen LogP contribution is -2.29. The second-order valence-corrected chi connectivity index (χ2v) is 11.8. The summed E-state index contributed by atoms with van der Waals surface area (Å²) in [7, 11) is 2.08. The standard InChI is InChI=1S/C26H33F2N7S/c1-16-15-29-25(32-22-9-7-19(23(28)31-22)17-10-12-35(5)13-11-17)33-24(16)30-18-6-8-20(27)21(14-18)34-36-26(2,3)4/h6-9,14-15,17,34H,10-13H2,1-5H3,(H2,29,30,31,32,33). The molecular formula is C26H33F2N7S. The van der Waals surface area contributed by atoms with Gasteiger partial charge in [-0.1, -0.05) is 6.07 Å². The summed E-state index contributed by atoms with van der Waals surface area (Å²) >= 11 is 1.44. The Morgan fingerprint density at radius 3 is 2.47 bits per heavy atom. The van der Waals surface area contributed by atoms with Gasteiger partial charge in [0.15, 0.2) is 0 Å². The number of likely N-dealkylation sites (tertiary alicyclic amines) is 1. The molecule has 0 radical (unpaired) electrons. The summed E-state index contributed by atoms with van der Waals surface area (Å²) in [6.07, 6.45) is 3.51. The van der Waals surface area contributed by atoms with E-state index in [4.69, 9.17) is 0 Å². The third kappa shape index (κ3) is 6.82. The Balaban J connectivity index is 1.47. The summed E-state index contributed by atoms with van der Waals surface area (Å²) < 4.78 is 32.1. The van der Waals surface area contributed by atoms with E-state index < -0.39 is 5.95 Å². The van der Waals surface area contributed by atoms with Gasteiger partial charge < -0.3 is 20.3 Å². The molecule has 0 unspecified atom stereocenters. The van der Waals surface area contributed by atoms with E-state index in [0.29, 0.717) is 28.6 Å². The van der Waals surface area contributed by atoms with Crippen molar-refractivity contribution in [3.8, 4) is 0 Å². The summed E-state index contributed by atoms with van der Waals surface area (Å²) in [5.41, 5.74) is 2.52. The molecule has 0 aliphatic carbocycles. The van der Waals surface area contributed by atoms with E-state index in [0.717, 1.165) is 31.5 Å². The van der Waals surface area contributed by atoms with Gasteiger partial charge in [0.05, 0.1) is 5.69 Å². The number of hydrogen-bond donors (Lipinski definition) is 3. The van der Waals surface area contributed by atoms with Crippen LogP contribution >= 0.6 is 11.9 Å². The van der Waals surface area contributed by atoms with Gasteiger partial charge >= 0.3 is 0 Å². The molecule has 2 aromatic heterocycles. The predicted molar refractivity (Wildman–Crippen MR) is 144 cm³/mol. The highest BCUT2D eigenvalue weighted by Gasteiger charge is 2.22. The fraction of sp³-hybridized carbons (Fsp3) is 0.423. The van der Waals surface area contributed by atoms with Crippen molar-refractivity contribution in [2.75, 3.05) is 35.5 Å². The van der Waals surface area contributed by atoms with Crippen molar-refractivity contribution in [1.29, 1.82) is 0 Å². The van der Waals surface area contributed by atoms with Crippen molar-refractivity contribution in [2.24, 2.45) is 0 Å². The van der Waals surface area contributed by atoms with E-state index in [1.54, 1.807) is 30.5 Å². The molecule has 10 heteroatoms. The molecule has 1 saturated heterocycles. The molecule has 1 aromatic carbocycles. The number of halogens is 2. The van der Waals surface area contributed by atoms with E-state index in [-0.39, 0.29) is 22.4 Å². The average Bonchev–Trinajstić information content (AvgIpc) is 2.82. The molecule has 3 aromatic rings. The molecule has 4 rings (SSSR count). The van der Waals surface area contributed by atoms with E-state index in [2.05, 4.69) is 42.3 Å². The van der Waals surface area contributed by atoms with E-state index in [1.807, 2.05) is 27.7 Å². The Morgan fingerprint density at radius 2 is 1.78 bits per heavy atom. The van der Waals surface area contributed by atoms with Gasteiger partial charge in [-0.25, -0.2) is 14.4 Å². The Labute approximate surface area is 215 Å². The zero-order valence-electron chi connectivity index (χ0n) is 21.3. The number of hydrogen-bond acceptors (Lipinski definition) is 8. The molecule has 1 aliphatic heterocycles. The topological polar surface area (TPSA) is 78.0 Å². The first-order valence-corrected chi connectivity index (χ1v) is 12.9. The first kappa shape index (κ1) is 26.1. The second kappa shape index (κ2) is 11.0. The van der Waals surface area contributed by atoms with Gasteiger partial charge in [-0.05, 0) is 103 Å². The SMILES string of the molecule is Cc1cnc(Nc2ccc(C3CCN(C)CC3)c(F)n2)nc1Nc1ccc(F)c(NSC(C)(C)C)c1. The van der Waals surface area contributed by atoms with Gasteiger partial charge in [0.1, 0.15) is 17.5 Å². The van der Waals surface area contributed by atoms with Crippen LogP contribution in [0.4, 0.5) is 37.7 Å². The number of aromatic nitrogens is 3. The molecule has 0 amide bonds. The third-order valence-corrected chi connectivity index (χ3v) is 6.88. The number of rotatable bonds is 7. The zero-order chi connectivity index (χ0) is 25.9. The molecule has 1 aliphatic rings. The Hall–Kier alpha value is -2.98. The van der Waals surface area contributed by atoms with Gasteiger partial charge in [0, 0.05) is 27.8 Å². The van der Waals surface area contributed by atoms with E-state index in [1.165, 1.54) is 18.0 Å². The average molecular weight is 514 g/mol. The number of pyridine rings is 1. The molecule has 0 atom stereocenters. The zero-order valence-corrected chi connectivity index (χ0v) is 22.1. The van der Waals surface area contributed by atoms with Crippen molar-refractivity contribution >= 4 is 40.9 Å². The molecule has 1 fully saturated rings. The van der Waals surface area contributed by atoms with Gasteiger partial charge in [0.25, 0.3) is 0 Å². The molecule has 3 heterocycles. The quantitative estimate of drug-likeness (QED) is 0.241. The first-order valence-electron chi connectivity index (χ1n) is 12.0. The highest BCUT2D eigenvalue weighted by atomic mass is 32.2. The molecule has 0 bridgehead atoms. The summed E-state index contributed by atoms with van der Waals surface area (Å²) in [6.45, 7) is 9.93. The van der Waals surface area contributed by atoms with Crippen LogP contribution in [-0.2, 0) is 0 Å². The van der Waals surface area contributed by atoms with Crippen molar-refractivity contribution in [2.45, 2.75) is 51.2 Å². The Morgan fingerprint density at radius 1 is 1.03 bits per heavy atom. The molecule has 3 N–H and O–H groups in total. The van der Waals surface area contributed by atoms with Crippen LogP contribution in [0, 0.1) is 18.7 Å². The minimum atomic E-state index is -0.459. The number of benzene rings is 1. The molecule has 192 valence electrons. The smallest absolute Gasteiger partial charge is 0.230 e. The third-order valence-electron chi connectivity index (χ3n) is 5.94. The number of nitrogens with zero attached hydrogens (tertiary/aromatic N) is 4. The van der Waals surface area contributed by atoms with Crippen LogP contribution in [0.15, 0.2) is 36.5 Å². The lowest BCUT2D eigenvalue weighted by Gasteiger charge is -2.29. The van der Waals surface area contributed by atoms with Crippen molar-refractivity contribution in [1.82, 2.24) is 19.9 Å². The first-order chi connectivity index (χ1) is 17.1. The van der Waals surface area contributed by atoms with Crippen molar-refractivity contribution in [3.05, 3.63) is 59.4 Å². The van der Waals surface area contributed by atoms with Crippen molar-refractivity contribution in [3.63, 3.8) is 0 Å². The minimum absolute atomic E-state index is 0.0709. The summed E-state index contributed by atoms with van der Waals surface area (Å²) in [6, 6.07) is 8.31. The summed E-state index contributed by atoms with van der Waals surface area (Å²) in [4.78, 5) is 15.2. The van der Waals surface area contributed by atoms with Crippen LogP contribution < -0.4 is 15.4 Å². The van der Waals surface area contributed by atoms with Crippen molar-refractivity contribution < 1.29 is 8.78 Å². The number of anilines is 5. The van der Waals surface area contributed by atoms with Crippen LogP contribution in [-0.4, -0.2) is 44.7 Å². The molecule has 7 nitrogen and oxygen atoms in total. The molecule has 36 heavy (non-hydrogen) atoms. The number of piperidine rings is 1. The van der Waals surface area contributed by atoms with Crippen LogP contribution in [0.1, 0.15) is 50.7 Å². The lowest BCUT2D eigenvalue weighted by molar-refractivity contribution is 0.252. The number of nitrogens with one attached hydrogen (secondary N) is 3. The van der Waals surface area contributed by atoms with Crippen LogP contribution in [0.25, 0.3) is 0 Å². The van der Waals surface area contributed by atoms with Crippen LogP contribution in [0.5, 0.6) is 0 Å². The van der Waals surface area contributed by atoms with Crippen LogP contribution in [0.3, 0.4) is 0 Å². The number of aryl methyl sites for hydroxylation is 1. The Bertz CT molecular complexity index is 1210. The molecular weight excluding hydrogens is 480 g/mol. The predicted octanol–water partition coefficient (Wildman–Crippen LogP) is 6.61. The van der Waals surface area contributed by atoms with E-state index >= 15 is 0 Å². The molecule has 0 saturated carbocycles. The van der Waals surface area contributed by atoms with Gasteiger partial charge in [-0.3, -0.25) is 0 Å². The Kier molecular flexibility index (Phi) is 7.94. The second-order valence-electron chi connectivity index (χ2n) is 10.1. The maximum Gasteiger partial charge on any atom is 0.230 e. The van der Waals surface area contributed by atoms with Gasteiger partial charge in [-0.15, -0.1) is 0 Å². The molecule has 0 spiro atoms. The fourth-order valence-electron chi connectivity index (χ4n) is 3.91. The monoisotopic (exact) mass is 513 g/mol. The van der Waals surface area contributed by atoms with Crippen LogP contribution in [0.2, 0.25) is 0 Å². The normalized spacial score (nSPS) is 15.1. The fourth-order valence-corrected chi connectivity index (χ4v) is 4.48. The summed E-state index contributed by atoms with van der Waals surface area (Å²) in [5, 5.41) is 6.22. The van der Waals surface area contributed by atoms with Gasteiger partial charge in [0.2, 0.25) is 11.9 Å². The van der Waals surface area contributed by atoms with E-state index in [9.17, 15) is 8.78 Å². The maximum atomic E-state index is 14.8. The van der Waals surface area contributed by atoms with Gasteiger partial charge in [-0.2, -0.15) is 9.37 Å². The highest BCUT2D eigenvalue weighted by Crippen LogP contribution is 2.31. The minimum Gasteiger partial charge on any atom is -0.340 e. The highest BCUT2D eigenvalue weighted by molar-refractivity contribution is 8.01. The maximum absolute atomic E-state index is 14.8. The lowest BCUT2D eigenvalue weighted by atomic mass is 9.90. The summed E-state index contributed by atoms with van der Waals surface area (Å²) in [5.74, 6) is 0.565.